The van der Waals surface area contributed by atoms with Crippen molar-refractivity contribution in [3.63, 3.8) is 0 Å². The van der Waals surface area contributed by atoms with E-state index in [1.165, 1.54) is 11.3 Å². The van der Waals surface area contributed by atoms with Gasteiger partial charge in [-0.1, -0.05) is 0 Å². The summed E-state index contributed by atoms with van der Waals surface area (Å²) in [5.74, 6) is 0.0896. The third kappa shape index (κ3) is 3.47. The molecule has 0 fully saturated rings. The van der Waals surface area contributed by atoms with Gasteiger partial charge in [-0.05, 0) is 52.0 Å². The molecule has 30 heavy (non-hydrogen) atoms. The van der Waals surface area contributed by atoms with Gasteiger partial charge in [0.25, 0.3) is 0 Å². The van der Waals surface area contributed by atoms with Gasteiger partial charge in [0, 0.05) is 29.4 Å². The van der Waals surface area contributed by atoms with Crippen LogP contribution in [0, 0.1) is 20.8 Å². The van der Waals surface area contributed by atoms with Crippen LogP contribution in [0.4, 0.5) is 0 Å². The number of carbonyl (C=O) groups is 2. The van der Waals surface area contributed by atoms with Crippen molar-refractivity contribution >= 4 is 33.3 Å². The van der Waals surface area contributed by atoms with Crippen LogP contribution in [0.1, 0.15) is 49.8 Å². The summed E-state index contributed by atoms with van der Waals surface area (Å²) in [5, 5.41) is 5.26. The van der Waals surface area contributed by atoms with Gasteiger partial charge in [-0.3, -0.25) is 9.48 Å². The Balaban J connectivity index is 1.51. The highest BCUT2D eigenvalue weighted by Gasteiger charge is 2.26. The second-order valence-electron chi connectivity index (χ2n) is 7.40. The Morgan fingerprint density at radius 1 is 1.27 bits per heavy atom. The van der Waals surface area contributed by atoms with Crippen LogP contribution in [0.3, 0.4) is 0 Å². The smallest absolute Gasteiger partial charge is 0.349 e. The monoisotopic (exact) mass is 425 g/mol. The molecule has 0 aromatic carbocycles. The number of aryl methyl sites for hydroxylation is 3. The largest absolute Gasteiger partial charge is 0.467 e. The molecule has 0 radical (unpaired) electrons. The first-order valence-corrected chi connectivity index (χ1v) is 10.5. The van der Waals surface area contributed by atoms with Crippen molar-refractivity contribution in [2.75, 3.05) is 0 Å². The lowest BCUT2D eigenvalue weighted by Gasteiger charge is -2.12. The van der Waals surface area contributed by atoms with Gasteiger partial charge >= 0.3 is 5.97 Å². The third-order valence-electron chi connectivity index (χ3n) is 5.28. The van der Waals surface area contributed by atoms with Gasteiger partial charge < -0.3 is 13.7 Å². The minimum atomic E-state index is -0.889. The number of rotatable bonds is 6. The summed E-state index contributed by atoms with van der Waals surface area (Å²) in [6.07, 6.45) is 0.738. The topological polar surface area (TPSA) is 79.3 Å². The SMILES string of the molecule is Cc1nn(C)c2sc(C(=O)O[C@@H](C)C(=O)c3cc(C)n(Cc4ccco4)c3C)cc12. The molecule has 0 aliphatic rings. The lowest BCUT2D eigenvalue weighted by molar-refractivity contribution is 0.0323. The van der Waals surface area contributed by atoms with E-state index in [4.69, 9.17) is 9.15 Å². The number of esters is 1. The predicted molar refractivity (Wildman–Crippen MR) is 114 cm³/mol. The fraction of sp³-hybridized carbons (Fsp3) is 0.318. The van der Waals surface area contributed by atoms with Crippen LogP contribution in [-0.2, 0) is 18.3 Å². The highest BCUT2D eigenvalue weighted by atomic mass is 32.1. The summed E-state index contributed by atoms with van der Waals surface area (Å²) in [5.41, 5.74) is 3.17. The Morgan fingerprint density at radius 2 is 2.03 bits per heavy atom. The summed E-state index contributed by atoms with van der Waals surface area (Å²) in [6, 6.07) is 7.34. The molecule has 0 aliphatic carbocycles. The van der Waals surface area contributed by atoms with E-state index >= 15 is 0 Å². The van der Waals surface area contributed by atoms with Crippen molar-refractivity contribution in [3.05, 3.63) is 63.8 Å². The molecule has 4 heterocycles. The first kappa shape index (κ1) is 20.2. The number of thiophene rings is 1. The molecule has 0 aliphatic heterocycles. The van der Waals surface area contributed by atoms with E-state index in [0.717, 1.165) is 33.1 Å². The van der Waals surface area contributed by atoms with Gasteiger partial charge in [0.05, 0.1) is 18.5 Å². The molecule has 8 heteroatoms. The minimum absolute atomic E-state index is 0.221. The normalized spacial score (nSPS) is 12.4. The molecule has 0 N–H and O–H groups in total. The Morgan fingerprint density at radius 3 is 2.70 bits per heavy atom. The fourth-order valence-corrected chi connectivity index (χ4v) is 4.66. The van der Waals surface area contributed by atoms with Gasteiger partial charge in [-0.15, -0.1) is 11.3 Å². The van der Waals surface area contributed by atoms with E-state index in [1.54, 1.807) is 23.9 Å². The molecule has 0 unspecified atom stereocenters. The maximum absolute atomic E-state index is 13.0. The standard InChI is InChI=1S/C22H23N3O4S/c1-12-9-18(14(3)25(12)11-16-7-6-8-28-16)20(26)15(4)29-22(27)19-10-17-13(2)23-24(5)21(17)30-19/h6-10,15H,11H2,1-5H3/t15-/m0/s1. The molecule has 0 saturated carbocycles. The first-order valence-electron chi connectivity index (χ1n) is 9.63. The highest BCUT2D eigenvalue weighted by molar-refractivity contribution is 7.20. The lowest BCUT2D eigenvalue weighted by Crippen LogP contribution is -2.24. The number of nitrogens with zero attached hydrogens (tertiary/aromatic N) is 3. The average Bonchev–Trinajstić information content (AvgIpc) is 3.46. The number of ketones is 1. The van der Waals surface area contributed by atoms with Crippen LogP contribution in [0.25, 0.3) is 10.2 Å². The van der Waals surface area contributed by atoms with E-state index in [1.807, 2.05) is 50.6 Å². The van der Waals surface area contributed by atoms with E-state index < -0.39 is 12.1 Å². The molecule has 0 saturated heterocycles. The van der Waals surface area contributed by atoms with Gasteiger partial charge in [0.15, 0.2) is 6.10 Å². The Kier molecular flexibility index (Phi) is 5.11. The Bertz CT molecular complexity index is 1210. The first-order chi connectivity index (χ1) is 14.3. The number of carbonyl (C=O) groups excluding carboxylic acids is 2. The maximum atomic E-state index is 13.0. The number of hydrogen-bond acceptors (Lipinski definition) is 6. The van der Waals surface area contributed by atoms with Crippen molar-refractivity contribution in [1.82, 2.24) is 14.3 Å². The fourth-order valence-electron chi connectivity index (χ4n) is 3.65. The number of hydrogen-bond donors (Lipinski definition) is 0. The van der Waals surface area contributed by atoms with Crippen LogP contribution in [0.5, 0.6) is 0 Å². The molecular weight excluding hydrogens is 402 g/mol. The molecular formula is C22H23N3O4S. The van der Waals surface area contributed by atoms with Crippen molar-refractivity contribution in [3.8, 4) is 0 Å². The summed E-state index contributed by atoms with van der Waals surface area (Å²) < 4.78 is 14.7. The lowest BCUT2D eigenvalue weighted by atomic mass is 10.1. The van der Waals surface area contributed by atoms with E-state index in [0.29, 0.717) is 17.0 Å². The van der Waals surface area contributed by atoms with E-state index in [2.05, 4.69) is 5.10 Å². The zero-order valence-corrected chi connectivity index (χ0v) is 18.4. The molecule has 4 aromatic rings. The molecule has 0 spiro atoms. The quantitative estimate of drug-likeness (QED) is 0.337. The second-order valence-corrected chi connectivity index (χ2v) is 8.43. The minimum Gasteiger partial charge on any atom is -0.467 e. The van der Waals surface area contributed by atoms with Crippen LogP contribution in [0.15, 0.2) is 34.9 Å². The summed E-state index contributed by atoms with van der Waals surface area (Å²) >= 11 is 1.31. The van der Waals surface area contributed by atoms with Crippen molar-refractivity contribution in [2.45, 2.75) is 40.3 Å². The van der Waals surface area contributed by atoms with Gasteiger partial charge in [-0.25, -0.2) is 4.79 Å². The van der Waals surface area contributed by atoms with E-state index in [9.17, 15) is 9.59 Å². The maximum Gasteiger partial charge on any atom is 0.349 e. The van der Waals surface area contributed by atoms with Crippen LogP contribution >= 0.6 is 11.3 Å². The third-order valence-corrected chi connectivity index (χ3v) is 6.47. The molecule has 156 valence electrons. The summed E-state index contributed by atoms with van der Waals surface area (Å²) in [7, 11) is 1.84. The molecule has 0 bridgehead atoms. The number of aromatic nitrogens is 3. The summed E-state index contributed by atoms with van der Waals surface area (Å²) in [6.45, 7) is 7.88. The number of fused-ring (bicyclic) bond motifs is 1. The zero-order valence-electron chi connectivity index (χ0n) is 17.6. The number of ether oxygens (including phenoxy) is 1. The van der Waals surface area contributed by atoms with Crippen LogP contribution < -0.4 is 0 Å². The van der Waals surface area contributed by atoms with Gasteiger partial charge in [0.1, 0.15) is 15.5 Å². The van der Waals surface area contributed by atoms with Crippen molar-refractivity contribution in [1.29, 1.82) is 0 Å². The van der Waals surface area contributed by atoms with Crippen LogP contribution in [-0.4, -0.2) is 32.2 Å². The summed E-state index contributed by atoms with van der Waals surface area (Å²) in [4.78, 5) is 27.0. The Labute approximate surface area is 177 Å². The predicted octanol–water partition coefficient (Wildman–Crippen LogP) is 4.43. The zero-order chi connectivity index (χ0) is 21.6. The molecule has 7 nitrogen and oxygen atoms in total. The second kappa shape index (κ2) is 7.60. The highest BCUT2D eigenvalue weighted by Crippen LogP contribution is 2.28. The molecule has 0 amide bonds. The van der Waals surface area contributed by atoms with Gasteiger partial charge in [-0.2, -0.15) is 5.10 Å². The molecule has 1 atom stereocenters. The average molecular weight is 426 g/mol. The van der Waals surface area contributed by atoms with Crippen LogP contribution in [0.2, 0.25) is 0 Å². The van der Waals surface area contributed by atoms with E-state index in [-0.39, 0.29) is 5.78 Å². The Hall–Kier alpha value is -3.13. The molecule has 4 rings (SSSR count). The van der Waals surface area contributed by atoms with Crippen molar-refractivity contribution in [2.24, 2.45) is 7.05 Å². The number of Topliss-reactive ketones (excluding diaryl/α,β-unsaturated/α-hetero) is 1. The van der Waals surface area contributed by atoms with Gasteiger partial charge in [0.2, 0.25) is 5.78 Å². The molecule has 4 aromatic heterocycles. The van der Waals surface area contributed by atoms with Crippen molar-refractivity contribution < 1.29 is 18.7 Å². The number of furan rings is 1.